The summed E-state index contributed by atoms with van der Waals surface area (Å²) in [5, 5.41) is 11.8. The number of ether oxygens (including phenoxy) is 1. The molecular weight excluding hydrogens is 456 g/mol. The molecule has 0 fully saturated rings. The summed E-state index contributed by atoms with van der Waals surface area (Å²) in [7, 11) is 1.27. The zero-order chi connectivity index (χ0) is 25.0. The number of halogens is 4. The third-order valence-corrected chi connectivity index (χ3v) is 5.03. The largest absolute Gasteiger partial charge is 0.494 e. The van der Waals surface area contributed by atoms with E-state index in [0.717, 1.165) is 11.6 Å². The van der Waals surface area contributed by atoms with Crippen molar-refractivity contribution in [2.24, 2.45) is 0 Å². The zero-order valence-electron chi connectivity index (χ0n) is 18.1. The van der Waals surface area contributed by atoms with E-state index >= 15 is 0 Å². The summed E-state index contributed by atoms with van der Waals surface area (Å²) in [5.74, 6) is -3.04. The number of nitrogens with zero attached hydrogens (tertiary/aromatic N) is 1. The molecule has 2 aromatic carbocycles. The van der Waals surface area contributed by atoms with E-state index in [1.54, 1.807) is 24.3 Å². The highest BCUT2D eigenvalue weighted by atomic mass is 19.4. The fraction of sp³-hybridized carbons (Fsp3) is 0.208. The summed E-state index contributed by atoms with van der Waals surface area (Å²) < 4.78 is 58.4. The number of rotatable bonds is 7. The van der Waals surface area contributed by atoms with Gasteiger partial charge in [0.2, 0.25) is 0 Å². The van der Waals surface area contributed by atoms with Crippen molar-refractivity contribution in [1.29, 1.82) is 0 Å². The van der Waals surface area contributed by atoms with Crippen LogP contribution in [0.2, 0.25) is 0 Å². The van der Waals surface area contributed by atoms with Crippen LogP contribution < -0.4 is 10.1 Å². The Morgan fingerprint density at radius 2 is 1.76 bits per heavy atom. The number of aliphatic carboxylic acids is 1. The summed E-state index contributed by atoms with van der Waals surface area (Å²) in [4.78, 5) is 28.3. The second-order valence-electron chi connectivity index (χ2n) is 7.47. The molecule has 1 aromatic heterocycles. The summed E-state index contributed by atoms with van der Waals surface area (Å²) in [5.41, 5.74) is -0.325. The number of aryl methyl sites for hydroxylation is 1. The molecule has 0 saturated heterocycles. The lowest BCUT2D eigenvalue weighted by molar-refractivity contribution is -0.138. The SMILES string of the molecule is COc1ccc(C(=O)N[C@@H](CC(=O)O)c2ccc(C)cc2)nc1-c1ccc(C(F)(F)F)cc1F. The Hall–Kier alpha value is -3.95. The molecule has 178 valence electrons. The second kappa shape index (κ2) is 9.90. The number of alkyl halides is 3. The molecule has 6 nitrogen and oxygen atoms in total. The maximum atomic E-state index is 14.6. The standard InChI is InChI=1S/C24H20F4N2O4/c1-13-3-5-14(6-4-13)19(12-21(31)32)30-23(33)18-9-10-20(34-2)22(29-18)16-8-7-15(11-17(16)25)24(26,27)28/h3-11,19H,12H2,1-2H3,(H,30,33)(H,31,32)/t19-/m0/s1. The van der Waals surface area contributed by atoms with E-state index in [1.807, 2.05) is 6.92 Å². The van der Waals surface area contributed by atoms with Crippen LogP contribution in [0.4, 0.5) is 17.6 Å². The van der Waals surface area contributed by atoms with Crippen molar-refractivity contribution in [3.8, 4) is 17.0 Å². The molecule has 34 heavy (non-hydrogen) atoms. The molecule has 0 radical (unpaired) electrons. The number of carbonyl (C=O) groups is 2. The number of methoxy groups -OCH3 is 1. The Bertz CT molecular complexity index is 1210. The topological polar surface area (TPSA) is 88.5 Å². The van der Waals surface area contributed by atoms with E-state index in [0.29, 0.717) is 17.7 Å². The third-order valence-electron chi connectivity index (χ3n) is 5.03. The van der Waals surface area contributed by atoms with Gasteiger partial charge >= 0.3 is 12.1 Å². The predicted molar refractivity (Wildman–Crippen MR) is 115 cm³/mol. The Morgan fingerprint density at radius 1 is 1.09 bits per heavy atom. The van der Waals surface area contributed by atoms with E-state index in [9.17, 15) is 32.3 Å². The monoisotopic (exact) mass is 476 g/mol. The van der Waals surface area contributed by atoms with Gasteiger partial charge in [0.15, 0.2) is 0 Å². The van der Waals surface area contributed by atoms with Crippen LogP contribution in [0.15, 0.2) is 54.6 Å². The van der Waals surface area contributed by atoms with Crippen molar-refractivity contribution in [3.05, 3.63) is 82.8 Å². The van der Waals surface area contributed by atoms with E-state index in [2.05, 4.69) is 10.3 Å². The number of amides is 1. The van der Waals surface area contributed by atoms with Crippen molar-refractivity contribution < 1.29 is 37.0 Å². The average molecular weight is 476 g/mol. The minimum absolute atomic E-state index is 0.0378. The summed E-state index contributed by atoms with van der Waals surface area (Å²) in [6.45, 7) is 1.86. The van der Waals surface area contributed by atoms with E-state index in [-0.39, 0.29) is 22.7 Å². The molecule has 1 amide bonds. The highest BCUT2D eigenvalue weighted by molar-refractivity contribution is 5.93. The number of benzene rings is 2. The van der Waals surface area contributed by atoms with Gasteiger partial charge in [0, 0.05) is 5.56 Å². The summed E-state index contributed by atoms with van der Waals surface area (Å²) in [6, 6.07) is 10.6. The van der Waals surface area contributed by atoms with Crippen LogP contribution in [-0.2, 0) is 11.0 Å². The van der Waals surface area contributed by atoms with Gasteiger partial charge in [0.25, 0.3) is 5.91 Å². The first-order chi connectivity index (χ1) is 16.0. The molecule has 0 aliphatic rings. The average Bonchev–Trinajstić information content (AvgIpc) is 2.77. The zero-order valence-corrected chi connectivity index (χ0v) is 18.1. The van der Waals surface area contributed by atoms with Crippen molar-refractivity contribution in [2.45, 2.75) is 25.6 Å². The molecule has 10 heteroatoms. The first kappa shape index (κ1) is 24.7. The minimum Gasteiger partial charge on any atom is -0.494 e. The molecule has 1 atom stereocenters. The van der Waals surface area contributed by atoms with Gasteiger partial charge in [-0.1, -0.05) is 29.8 Å². The Morgan fingerprint density at radius 3 is 2.32 bits per heavy atom. The quantitative estimate of drug-likeness (QED) is 0.460. The second-order valence-corrected chi connectivity index (χ2v) is 7.47. The molecule has 0 spiro atoms. The normalized spacial score (nSPS) is 12.2. The molecule has 1 heterocycles. The molecule has 3 aromatic rings. The van der Waals surface area contributed by atoms with Gasteiger partial charge in [-0.2, -0.15) is 13.2 Å². The first-order valence-electron chi connectivity index (χ1n) is 10.0. The minimum atomic E-state index is -4.73. The Balaban J connectivity index is 1.96. The Labute approximate surface area is 192 Å². The summed E-state index contributed by atoms with van der Waals surface area (Å²) >= 11 is 0. The van der Waals surface area contributed by atoms with Gasteiger partial charge in [0.1, 0.15) is 23.0 Å². The van der Waals surface area contributed by atoms with E-state index in [4.69, 9.17) is 4.74 Å². The van der Waals surface area contributed by atoms with Crippen LogP contribution in [0.3, 0.4) is 0 Å². The van der Waals surface area contributed by atoms with Crippen LogP contribution in [0.5, 0.6) is 5.75 Å². The van der Waals surface area contributed by atoms with Gasteiger partial charge in [0.05, 0.1) is 25.1 Å². The van der Waals surface area contributed by atoms with Crippen molar-refractivity contribution >= 4 is 11.9 Å². The fourth-order valence-corrected chi connectivity index (χ4v) is 3.27. The first-order valence-corrected chi connectivity index (χ1v) is 10.0. The number of hydrogen-bond donors (Lipinski definition) is 2. The molecule has 0 unspecified atom stereocenters. The smallest absolute Gasteiger partial charge is 0.416 e. The summed E-state index contributed by atoms with van der Waals surface area (Å²) in [6.07, 6.45) is -5.13. The van der Waals surface area contributed by atoms with Gasteiger partial charge in [-0.15, -0.1) is 0 Å². The number of aromatic nitrogens is 1. The molecule has 0 bridgehead atoms. The molecule has 0 saturated carbocycles. The van der Waals surface area contributed by atoms with E-state index < -0.39 is 41.9 Å². The van der Waals surface area contributed by atoms with Crippen molar-refractivity contribution in [1.82, 2.24) is 10.3 Å². The lowest BCUT2D eigenvalue weighted by atomic mass is 10.0. The highest BCUT2D eigenvalue weighted by Crippen LogP contribution is 2.35. The third kappa shape index (κ3) is 5.69. The van der Waals surface area contributed by atoms with Gasteiger partial charge in [-0.05, 0) is 42.8 Å². The van der Waals surface area contributed by atoms with Gasteiger partial charge < -0.3 is 15.2 Å². The molecular formula is C24H20F4N2O4. The van der Waals surface area contributed by atoms with Crippen LogP contribution in [-0.4, -0.2) is 29.1 Å². The number of carboxylic acid groups (broad SMARTS) is 1. The van der Waals surface area contributed by atoms with Crippen molar-refractivity contribution in [2.75, 3.05) is 7.11 Å². The number of carbonyl (C=O) groups excluding carboxylic acids is 1. The maximum absolute atomic E-state index is 14.6. The Kier molecular flexibility index (Phi) is 7.19. The lowest BCUT2D eigenvalue weighted by Crippen LogP contribution is -2.31. The van der Waals surface area contributed by atoms with Crippen LogP contribution in [0.1, 0.15) is 39.6 Å². The molecule has 3 rings (SSSR count). The lowest BCUT2D eigenvalue weighted by Gasteiger charge is -2.18. The number of carboxylic acids is 1. The molecule has 0 aliphatic heterocycles. The van der Waals surface area contributed by atoms with Crippen LogP contribution >= 0.6 is 0 Å². The predicted octanol–water partition coefficient (Wildman–Crippen LogP) is 5.17. The number of hydrogen-bond acceptors (Lipinski definition) is 4. The number of nitrogens with one attached hydrogen (secondary N) is 1. The van der Waals surface area contributed by atoms with Gasteiger partial charge in [-0.3, -0.25) is 9.59 Å². The highest BCUT2D eigenvalue weighted by Gasteiger charge is 2.31. The molecule has 0 aliphatic carbocycles. The molecule has 2 N–H and O–H groups in total. The van der Waals surface area contributed by atoms with Crippen LogP contribution in [0, 0.1) is 12.7 Å². The fourth-order valence-electron chi connectivity index (χ4n) is 3.27. The van der Waals surface area contributed by atoms with Gasteiger partial charge in [-0.25, -0.2) is 9.37 Å². The van der Waals surface area contributed by atoms with Crippen LogP contribution in [0.25, 0.3) is 11.3 Å². The number of pyridine rings is 1. The van der Waals surface area contributed by atoms with Crippen molar-refractivity contribution in [3.63, 3.8) is 0 Å². The maximum Gasteiger partial charge on any atom is 0.416 e. The van der Waals surface area contributed by atoms with E-state index in [1.165, 1.54) is 19.2 Å².